The molecule has 3 nitrogen and oxygen atoms in total. The van der Waals surface area contributed by atoms with Gasteiger partial charge in [-0.25, -0.2) is 0 Å². The first-order chi connectivity index (χ1) is 39.8. The number of benzene rings is 11. The topological polar surface area (TPSA) is 15.7 Å². The van der Waals surface area contributed by atoms with Crippen molar-refractivity contribution in [2.75, 3.05) is 9.80 Å². The van der Waals surface area contributed by atoms with Crippen molar-refractivity contribution < 1.29 is 4.74 Å². The summed E-state index contributed by atoms with van der Waals surface area (Å²) in [4.78, 5) is 4.95. The van der Waals surface area contributed by atoms with Crippen molar-refractivity contribution >= 4 is 34.1 Å². The zero-order valence-electron chi connectivity index (χ0n) is 45.4. The molecule has 0 aromatic heterocycles. The van der Waals surface area contributed by atoms with Gasteiger partial charge in [-0.05, 0) is 175 Å². The Morgan fingerprint density at radius 1 is 0.395 bits per heavy atom. The fourth-order valence-electron chi connectivity index (χ4n) is 15.7. The second-order valence-corrected chi connectivity index (χ2v) is 23.7. The van der Waals surface area contributed by atoms with Gasteiger partial charge in [0.2, 0.25) is 0 Å². The minimum Gasteiger partial charge on any atom is -0.457 e. The summed E-state index contributed by atoms with van der Waals surface area (Å²) in [5.74, 6) is 1.87. The highest BCUT2D eigenvalue weighted by Gasteiger charge is 2.59. The average molecular weight is 1040 g/mol. The third-order valence-corrected chi connectivity index (χ3v) is 19.4. The number of allylic oxidation sites excluding steroid dienone is 4. The van der Waals surface area contributed by atoms with E-state index in [0.29, 0.717) is 0 Å². The van der Waals surface area contributed by atoms with E-state index in [-0.39, 0.29) is 22.7 Å². The molecule has 4 atom stereocenters. The highest BCUT2D eigenvalue weighted by Crippen LogP contribution is 2.69. The molecule has 384 valence electrons. The van der Waals surface area contributed by atoms with Crippen molar-refractivity contribution in [1.82, 2.24) is 0 Å². The van der Waals surface area contributed by atoms with Crippen LogP contribution in [0, 0.1) is 5.92 Å². The van der Waals surface area contributed by atoms with Crippen molar-refractivity contribution in [3.05, 3.63) is 323 Å². The van der Waals surface area contributed by atoms with E-state index in [0.717, 1.165) is 51.1 Å². The fourth-order valence-corrected chi connectivity index (χ4v) is 15.7. The summed E-state index contributed by atoms with van der Waals surface area (Å²) in [6, 6.07) is 95.1. The van der Waals surface area contributed by atoms with E-state index in [2.05, 4.69) is 304 Å². The lowest BCUT2D eigenvalue weighted by Gasteiger charge is -2.44. The molecule has 4 aliphatic carbocycles. The number of para-hydroxylation sites is 2. The minimum absolute atomic E-state index is 0.0307. The fraction of sp³-hybridized carbons (Fsp3) is 0.103. The molecular formula is C78H56N2O. The Kier molecular flexibility index (Phi) is 9.65. The van der Waals surface area contributed by atoms with Crippen molar-refractivity contribution in [1.29, 1.82) is 0 Å². The number of fused-ring (bicyclic) bond motifs is 14. The standard InChI is InChI=1S/C78H56N2O/c1-76(2)64-23-12-10-21-59(64)61-41-39-57(47-69(61)76)79(54-19-8-5-9-20-54)55-35-31-51(32-36-55)52-33-44-74-71(45-52)78(67-25-14-15-28-73(67)81-74)66-43-34-53-46-63(66)75-68(78)26-16-27-72(75)80(56-37-29-50(30-38-56)49-17-6-4-7-18-49)58-40-42-62-60-22-11-13-24-65(60)77(53,3)70(62)48-58/h4-48,63,66H,1-3H3. The molecule has 4 unspecified atom stereocenters. The SMILES string of the molecule is CC1(C)c2ccccc2-c2ccc(N(c3ccccc3)c3ccc(-c4ccc5c(c4)C4(c6ccccc6O5)c5cccc6c5C5C=C(C=CC54)C4(C)c5ccccc5-c5ccc(cc54)N6c4ccc(-c5ccccc5)cc4)cc3)cc21. The lowest BCUT2D eigenvalue weighted by atomic mass is 9.60. The molecule has 2 heterocycles. The smallest absolute Gasteiger partial charge is 0.131 e. The van der Waals surface area contributed by atoms with Crippen LogP contribution in [0.5, 0.6) is 11.5 Å². The van der Waals surface area contributed by atoms with E-state index in [1.54, 1.807) is 0 Å². The molecule has 0 fully saturated rings. The van der Waals surface area contributed by atoms with Gasteiger partial charge in [0, 0.05) is 62.2 Å². The van der Waals surface area contributed by atoms with Gasteiger partial charge in [-0.2, -0.15) is 0 Å². The highest BCUT2D eigenvalue weighted by atomic mass is 16.5. The predicted octanol–water partition coefficient (Wildman–Crippen LogP) is 20.2. The summed E-state index contributed by atoms with van der Waals surface area (Å²) < 4.78 is 7.10. The quantitative estimate of drug-likeness (QED) is 0.165. The van der Waals surface area contributed by atoms with Gasteiger partial charge in [-0.15, -0.1) is 0 Å². The second-order valence-electron chi connectivity index (χ2n) is 23.7. The van der Waals surface area contributed by atoms with Gasteiger partial charge < -0.3 is 14.5 Å². The first-order valence-electron chi connectivity index (χ1n) is 28.6. The Bertz CT molecular complexity index is 4490. The Morgan fingerprint density at radius 3 is 1.77 bits per heavy atom. The zero-order chi connectivity index (χ0) is 53.8. The van der Waals surface area contributed by atoms with Gasteiger partial charge in [-0.3, -0.25) is 0 Å². The molecule has 11 aromatic rings. The average Bonchev–Trinajstić information content (AvgIpc) is 3.87. The molecular weight excluding hydrogens is 981 g/mol. The third kappa shape index (κ3) is 6.35. The number of nitrogens with zero attached hydrogens (tertiary/aromatic N) is 2. The summed E-state index contributed by atoms with van der Waals surface area (Å²) >= 11 is 0. The van der Waals surface area contributed by atoms with E-state index in [4.69, 9.17) is 4.74 Å². The molecule has 11 aromatic carbocycles. The Labute approximate surface area is 474 Å². The molecule has 81 heavy (non-hydrogen) atoms. The van der Waals surface area contributed by atoms with Crippen LogP contribution in [0.3, 0.4) is 0 Å². The van der Waals surface area contributed by atoms with Crippen LogP contribution in [-0.2, 0) is 16.2 Å². The summed E-state index contributed by atoms with van der Waals surface area (Å²) in [5.41, 5.74) is 27.6. The maximum absolute atomic E-state index is 7.10. The normalized spacial score (nSPS) is 20.1. The molecule has 0 saturated carbocycles. The highest BCUT2D eigenvalue weighted by molar-refractivity contribution is 5.92. The van der Waals surface area contributed by atoms with Crippen LogP contribution in [0.2, 0.25) is 0 Å². The van der Waals surface area contributed by atoms with Gasteiger partial charge in [0.15, 0.2) is 0 Å². The first kappa shape index (κ1) is 46.2. The summed E-state index contributed by atoms with van der Waals surface area (Å²) in [6.07, 6.45) is 7.75. The van der Waals surface area contributed by atoms with Crippen molar-refractivity contribution in [3.8, 4) is 56.0 Å². The van der Waals surface area contributed by atoms with E-state index >= 15 is 0 Å². The molecule has 0 saturated heterocycles. The Morgan fingerprint density at radius 2 is 0.963 bits per heavy atom. The summed E-state index contributed by atoms with van der Waals surface area (Å²) in [6.45, 7) is 7.19. The predicted molar refractivity (Wildman–Crippen MR) is 332 cm³/mol. The van der Waals surface area contributed by atoms with E-state index in [1.165, 1.54) is 89.1 Å². The number of hydrogen-bond acceptors (Lipinski definition) is 3. The zero-order valence-corrected chi connectivity index (χ0v) is 45.4. The molecule has 4 bridgehead atoms. The van der Waals surface area contributed by atoms with Gasteiger partial charge in [0.1, 0.15) is 11.5 Å². The van der Waals surface area contributed by atoms with Crippen LogP contribution in [0.25, 0.3) is 44.5 Å². The summed E-state index contributed by atoms with van der Waals surface area (Å²) in [7, 11) is 0. The lowest BCUT2D eigenvalue weighted by Crippen LogP contribution is -2.38. The third-order valence-electron chi connectivity index (χ3n) is 19.4. The minimum atomic E-state index is -0.602. The number of ether oxygens (including phenoxy) is 1. The molecule has 1 spiro atoms. The largest absolute Gasteiger partial charge is 0.457 e. The van der Waals surface area contributed by atoms with E-state index in [9.17, 15) is 0 Å². The Balaban J connectivity index is 0.842. The second kappa shape index (κ2) is 16.9. The van der Waals surface area contributed by atoms with Gasteiger partial charge >= 0.3 is 0 Å². The lowest BCUT2D eigenvalue weighted by molar-refractivity contribution is 0.373. The molecule has 6 aliphatic rings. The van der Waals surface area contributed by atoms with Crippen molar-refractivity contribution in [2.45, 2.75) is 42.9 Å². The van der Waals surface area contributed by atoms with Crippen LogP contribution in [-0.4, -0.2) is 0 Å². The maximum atomic E-state index is 7.10. The van der Waals surface area contributed by atoms with Crippen LogP contribution in [0.4, 0.5) is 34.1 Å². The van der Waals surface area contributed by atoms with Gasteiger partial charge in [0.25, 0.3) is 0 Å². The van der Waals surface area contributed by atoms with Gasteiger partial charge in [0.05, 0.1) is 11.1 Å². The molecule has 17 rings (SSSR count). The number of rotatable bonds is 6. The molecule has 0 N–H and O–H groups in total. The molecule has 2 aliphatic heterocycles. The number of hydrogen-bond donors (Lipinski definition) is 0. The van der Waals surface area contributed by atoms with Crippen LogP contribution in [0.1, 0.15) is 71.2 Å². The monoisotopic (exact) mass is 1040 g/mol. The Hall–Kier alpha value is -9.70. The summed E-state index contributed by atoms with van der Waals surface area (Å²) in [5, 5.41) is 0. The molecule has 0 radical (unpaired) electrons. The van der Waals surface area contributed by atoms with Crippen molar-refractivity contribution in [2.24, 2.45) is 5.92 Å². The van der Waals surface area contributed by atoms with E-state index < -0.39 is 5.41 Å². The van der Waals surface area contributed by atoms with E-state index in [1.807, 2.05) is 0 Å². The number of anilines is 6. The van der Waals surface area contributed by atoms with Crippen LogP contribution < -0.4 is 14.5 Å². The maximum Gasteiger partial charge on any atom is 0.131 e. The first-order valence-corrected chi connectivity index (χ1v) is 28.6. The molecule has 0 amide bonds. The molecule has 3 heteroatoms. The van der Waals surface area contributed by atoms with Crippen LogP contribution >= 0.6 is 0 Å². The van der Waals surface area contributed by atoms with Gasteiger partial charge in [-0.1, -0.05) is 202 Å². The van der Waals surface area contributed by atoms with Crippen LogP contribution in [0.15, 0.2) is 279 Å². The van der Waals surface area contributed by atoms with Crippen molar-refractivity contribution in [3.63, 3.8) is 0 Å².